The van der Waals surface area contributed by atoms with Crippen LogP contribution < -0.4 is 5.32 Å². The van der Waals surface area contributed by atoms with Crippen LogP contribution in [0.15, 0.2) is 6.07 Å². The molecule has 1 aromatic rings. The van der Waals surface area contributed by atoms with E-state index in [1.54, 1.807) is 0 Å². The summed E-state index contributed by atoms with van der Waals surface area (Å²) < 4.78 is 39.3. The number of amides is 1. The summed E-state index contributed by atoms with van der Waals surface area (Å²) in [6, 6.07) is 0.401. The van der Waals surface area contributed by atoms with Crippen molar-refractivity contribution in [3.63, 3.8) is 0 Å². The first-order chi connectivity index (χ1) is 9.49. The Morgan fingerprint density at radius 3 is 2.60 bits per heavy atom. The minimum atomic E-state index is -1.72. The second-order valence-corrected chi connectivity index (χ2v) is 5.05. The van der Waals surface area contributed by atoms with Gasteiger partial charge >= 0.3 is 0 Å². The minimum absolute atomic E-state index is 0.0820. The van der Waals surface area contributed by atoms with E-state index in [-0.39, 0.29) is 13.2 Å². The number of hydrogen-bond donors (Lipinski definition) is 3. The average Bonchev–Trinajstić information content (AvgIpc) is 2.44. The van der Waals surface area contributed by atoms with E-state index in [2.05, 4.69) is 5.32 Å². The van der Waals surface area contributed by atoms with Gasteiger partial charge in [0, 0.05) is 18.9 Å². The first-order valence-electron chi connectivity index (χ1n) is 5.82. The molecule has 0 aliphatic heterocycles. The fraction of sp³-hybridized carbons (Fsp3) is 0.417. The van der Waals surface area contributed by atoms with Crippen LogP contribution in [0.5, 0.6) is 5.75 Å². The Morgan fingerprint density at radius 1 is 1.25 bits per heavy atom. The van der Waals surface area contributed by atoms with E-state index in [9.17, 15) is 18.0 Å². The van der Waals surface area contributed by atoms with Crippen molar-refractivity contribution in [2.24, 2.45) is 0 Å². The molecule has 0 fully saturated rings. The summed E-state index contributed by atoms with van der Waals surface area (Å²) in [7, 11) is 0. The molecule has 0 radical (unpaired) electrons. The summed E-state index contributed by atoms with van der Waals surface area (Å²) in [6.07, 6.45) is 0.629. The highest BCUT2D eigenvalue weighted by Gasteiger charge is 2.22. The van der Waals surface area contributed by atoms with Crippen molar-refractivity contribution in [1.82, 2.24) is 5.32 Å². The van der Waals surface area contributed by atoms with Gasteiger partial charge < -0.3 is 15.5 Å². The van der Waals surface area contributed by atoms with Gasteiger partial charge in [0.25, 0.3) is 5.91 Å². The van der Waals surface area contributed by atoms with Crippen LogP contribution in [0.4, 0.5) is 13.2 Å². The lowest BCUT2D eigenvalue weighted by Gasteiger charge is -2.08. The van der Waals surface area contributed by atoms with Crippen molar-refractivity contribution >= 4 is 17.7 Å². The van der Waals surface area contributed by atoms with E-state index in [1.165, 1.54) is 11.8 Å². The Morgan fingerprint density at radius 2 is 1.95 bits per heavy atom. The van der Waals surface area contributed by atoms with Gasteiger partial charge in [-0.25, -0.2) is 8.78 Å². The molecular weight excluding hydrogens is 295 g/mol. The average molecular weight is 309 g/mol. The van der Waals surface area contributed by atoms with E-state index < -0.39 is 34.7 Å². The van der Waals surface area contributed by atoms with Crippen LogP contribution in [0.3, 0.4) is 0 Å². The van der Waals surface area contributed by atoms with Gasteiger partial charge in [-0.2, -0.15) is 16.2 Å². The molecule has 0 atom stereocenters. The molecule has 0 aliphatic rings. The summed E-state index contributed by atoms with van der Waals surface area (Å²) in [5.74, 6) is -5.90. The summed E-state index contributed by atoms with van der Waals surface area (Å²) in [6.45, 7) is 0.285. The summed E-state index contributed by atoms with van der Waals surface area (Å²) >= 11 is 1.48. The molecule has 1 amide bonds. The molecule has 8 heteroatoms. The Kier molecular flexibility index (Phi) is 6.66. The monoisotopic (exact) mass is 309 g/mol. The lowest BCUT2D eigenvalue weighted by Crippen LogP contribution is -2.27. The molecule has 0 unspecified atom stereocenters. The maximum absolute atomic E-state index is 13.4. The van der Waals surface area contributed by atoms with Gasteiger partial charge in [-0.1, -0.05) is 0 Å². The smallest absolute Gasteiger partial charge is 0.254 e. The molecule has 0 aliphatic carbocycles. The number of hydrogen-bond acceptors (Lipinski definition) is 4. The molecule has 20 heavy (non-hydrogen) atoms. The number of nitrogens with one attached hydrogen (secondary N) is 1. The van der Waals surface area contributed by atoms with Crippen LogP contribution in [0.2, 0.25) is 0 Å². The third-order valence-electron chi connectivity index (χ3n) is 2.36. The lowest BCUT2D eigenvalue weighted by atomic mass is 10.1. The number of aliphatic hydroxyl groups is 1. The predicted molar refractivity (Wildman–Crippen MR) is 69.3 cm³/mol. The Bertz CT molecular complexity index is 486. The quantitative estimate of drug-likeness (QED) is 0.529. The number of aliphatic hydroxyl groups excluding tert-OH is 1. The van der Waals surface area contributed by atoms with Gasteiger partial charge in [-0.05, 0) is 18.2 Å². The highest BCUT2D eigenvalue weighted by atomic mass is 32.2. The fourth-order valence-electron chi connectivity index (χ4n) is 1.36. The number of benzene rings is 1. The molecule has 0 heterocycles. The number of aromatic hydroxyl groups is 1. The normalized spacial score (nSPS) is 10.6. The molecule has 0 bridgehead atoms. The summed E-state index contributed by atoms with van der Waals surface area (Å²) in [4.78, 5) is 11.6. The standard InChI is InChI=1S/C12H14F3NO3S/c13-8-6-7(9(14)11(18)10(8)15)12(19)16-2-5-20-4-1-3-17/h6,17-18H,1-5H2,(H,16,19). The molecule has 4 nitrogen and oxygen atoms in total. The van der Waals surface area contributed by atoms with Crippen LogP contribution >= 0.6 is 11.8 Å². The third-order valence-corrected chi connectivity index (χ3v) is 3.43. The highest BCUT2D eigenvalue weighted by molar-refractivity contribution is 7.99. The van der Waals surface area contributed by atoms with Crippen LogP contribution in [-0.4, -0.2) is 40.8 Å². The van der Waals surface area contributed by atoms with Crippen molar-refractivity contribution in [2.75, 3.05) is 24.7 Å². The maximum Gasteiger partial charge on any atom is 0.254 e. The Balaban J connectivity index is 2.56. The first-order valence-corrected chi connectivity index (χ1v) is 6.97. The highest BCUT2D eigenvalue weighted by Crippen LogP contribution is 2.25. The molecule has 3 N–H and O–H groups in total. The zero-order chi connectivity index (χ0) is 15.1. The predicted octanol–water partition coefficient (Wildman–Crippen LogP) is 1.65. The van der Waals surface area contributed by atoms with E-state index in [4.69, 9.17) is 10.2 Å². The molecule has 112 valence electrons. The lowest BCUT2D eigenvalue weighted by molar-refractivity contribution is 0.0950. The van der Waals surface area contributed by atoms with E-state index in [0.29, 0.717) is 24.0 Å². The van der Waals surface area contributed by atoms with Gasteiger partial charge in [-0.15, -0.1) is 0 Å². The first kappa shape index (κ1) is 16.6. The summed E-state index contributed by atoms with van der Waals surface area (Å²) in [5, 5.41) is 19.9. The van der Waals surface area contributed by atoms with Crippen molar-refractivity contribution in [3.05, 3.63) is 29.1 Å². The molecule has 0 saturated carbocycles. The zero-order valence-corrected chi connectivity index (χ0v) is 11.3. The largest absolute Gasteiger partial charge is 0.503 e. The zero-order valence-electron chi connectivity index (χ0n) is 10.5. The Labute approximate surface area is 118 Å². The van der Waals surface area contributed by atoms with Crippen molar-refractivity contribution in [3.8, 4) is 5.75 Å². The van der Waals surface area contributed by atoms with E-state index in [1.807, 2.05) is 0 Å². The van der Waals surface area contributed by atoms with E-state index in [0.717, 1.165) is 0 Å². The number of carbonyl (C=O) groups is 1. The number of thioether (sulfide) groups is 1. The van der Waals surface area contributed by atoms with Crippen LogP contribution in [-0.2, 0) is 0 Å². The van der Waals surface area contributed by atoms with Crippen LogP contribution in [0, 0.1) is 17.5 Å². The molecule has 0 saturated heterocycles. The van der Waals surface area contributed by atoms with E-state index >= 15 is 0 Å². The van der Waals surface area contributed by atoms with Crippen molar-refractivity contribution < 1.29 is 28.2 Å². The number of phenolic OH excluding ortho intramolecular Hbond substituents is 1. The Hall–Kier alpha value is -1.41. The second kappa shape index (κ2) is 8.01. The van der Waals surface area contributed by atoms with Crippen LogP contribution in [0.1, 0.15) is 16.8 Å². The molecule has 1 aromatic carbocycles. The third kappa shape index (κ3) is 4.31. The fourth-order valence-corrected chi connectivity index (χ4v) is 2.14. The van der Waals surface area contributed by atoms with Crippen LogP contribution in [0.25, 0.3) is 0 Å². The van der Waals surface area contributed by atoms with Gasteiger partial charge in [0.1, 0.15) is 0 Å². The van der Waals surface area contributed by atoms with Crippen molar-refractivity contribution in [1.29, 1.82) is 0 Å². The molecular formula is C12H14F3NO3S. The van der Waals surface area contributed by atoms with Gasteiger partial charge in [-0.3, -0.25) is 4.79 Å². The number of carbonyl (C=O) groups excluding carboxylic acids is 1. The van der Waals surface area contributed by atoms with Gasteiger partial charge in [0.2, 0.25) is 5.82 Å². The van der Waals surface area contributed by atoms with Gasteiger partial charge in [0.15, 0.2) is 17.4 Å². The maximum atomic E-state index is 13.4. The molecule has 1 rings (SSSR count). The summed E-state index contributed by atoms with van der Waals surface area (Å²) in [5.41, 5.74) is -0.748. The number of halogens is 3. The SMILES string of the molecule is O=C(NCCSCCCO)c1cc(F)c(F)c(O)c1F. The number of rotatable bonds is 7. The van der Waals surface area contributed by atoms with Crippen molar-refractivity contribution in [2.45, 2.75) is 6.42 Å². The number of phenols is 1. The second-order valence-electron chi connectivity index (χ2n) is 3.83. The minimum Gasteiger partial charge on any atom is -0.503 e. The molecule has 0 aromatic heterocycles. The topological polar surface area (TPSA) is 69.6 Å². The van der Waals surface area contributed by atoms with Gasteiger partial charge in [0.05, 0.1) is 5.56 Å². The molecule has 0 spiro atoms.